The van der Waals surface area contributed by atoms with E-state index in [1.165, 1.54) is 5.69 Å². The Hall–Kier alpha value is -0.350. The SMILES string of the molecule is Cc1nn(C)c(CN(C)CC(C)(C)C)c1Br. The first kappa shape index (κ1) is 13.7. The lowest BCUT2D eigenvalue weighted by Gasteiger charge is -2.26. The topological polar surface area (TPSA) is 21.1 Å². The zero-order valence-electron chi connectivity index (χ0n) is 11.1. The standard InChI is InChI=1S/C12H22BrN3/c1-9-11(13)10(16(6)14-9)7-15(5)8-12(2,3)4/h7-8H2,1-6H3. The van der Waals surface area contributed by atoms with Crippen LogP contribution in [0.4, 0.5) is 0 Å². The van der Waals surface area contributed by atoms with Crippen LogP contribution in [-0.4, -0.2) is 28.3 Å². The summed E-state index contributed by atoms with van der Waals surface area (Å²) in [5.74, 6) is 0. The summed E-state index contributed by atoms with van der Waals surface area (Å²) in [5, 5.41) is 4.40. The fourth-order valence-electron chi connectivity index (χ4n) is 1.97. The van der Waals surface area contributed by atoms with Crippen molar-refractivity contribution in [3.05, 3.63) is 15.9 Å². The van der Waals surface area contributed by atoms with Gasteiger partial charge in [0.2, 0.25) is 0 Å². The van der Waals surface area contributed by atoms with Gasteiger partial charge in [0.1, 0.15) is 0 Å². The van der Waals surface area contributed by atoms with Crippen LogP contribution in [0.15, 0.2) is 4.47 Å². The van der Waals surface area contributed by atoms with Gasteiger partial charge >= 0.3 is 0 Å². The molecule has 4 heteroatoms. The fourth-order valence-corrected chi connectivity index (χ4v) is 2.43. The number of hydrogen-bond acceptors (Lipinski definition) is 2. The molecule has 0 unspecified atom stereocenters. The van der Waals surface area contributed by atoms with Crippen LogP contribution in [0.25, 0.3) is 0 Å². The lowest BCUT2D eigenvalue weighted by Crippen LogP contribution is -2.29. The van der Waals surface area contributed by atoms with Gasteiger partial charge in [0.15, 0.2) is 0 Å². The first-order valence-electron chi connectivity index (χ1n) is 5.57. The van der Waals surface area contributed by atoms with Crippen LogP contribution in [-0.2, 0) is 13.6 Å². The van der Waals surface area contributed by atoms with Gasteiger partial charge < -0.3 is 0 Å². The highest BCUT2D eigenvalue weighted by Gasteiger charge is 2.17. The lowest BCUT2D eigenvalue weighted by molar-refractivity contribution is 0.216. The minimum atomic E-state index is 0.328. The van der Waals surface area contributed by atoms with Gasteiger partial charge in [-0.1, -0.05) is 20.8 Å². The van der Waals surface area contributed by atoms with Gasteiger partial charge in [0.25, 0.3) is 0 Å². The molecule has 92 valence electrons. The molecule has 0 atom stereocenters. The van der Waals surface area contributed by atoms with Crippen molar-refractivity contribution in [3.8, 4) is 0 Å². The molecule has 0 aliphatic rings. The fraction of sp³-hybridized carbons (Fsp3) is 0.750. The molecule has 3 nitrogen and oxygen atoms in total. The summed E-state index contributed by atoms with van der Waals surface area (Å²) < 4.78 is 3.09. The zero-order chi connectivity index (χ0) is 12.5. The van der Waals surface area contributed by atoms with Gasteiger partial charge in [0, 0.05) is 20.1 Å². The lowest BCUT2D eigenvalue weighted by atomic mass is 9.96. The Bertz CT molecular complexity index is 363. The van der Waals surface area contributed by atoms with Crippen LogP contribution in [0.3, 0.4) is 0 Å². The maximum atomic E-state index is 4.40. The second-order valence-electron chi connectivity index (χ2n) is 5.70. The van der Waals surface area contributed by atoms with E-state index in [9.17, 15) is 0 Å². The second kappa shape index (κ2) is 4.88. The van der Waals surface area contributed by atoms with Crippen LogP contribution >= 0.6 is 15.9 Å². The minimum Gasteiger partial charge on any atom is -0.300 e. The molecule has 0 saturated heterocycles. The molecule has 0 fully saturated rings. The van der Waals surface area contributed by atoms with Crippen molar-refractivity contribution in [1.29, 1.82) is 0 Å². The van der Waals surface area contributed by atoms with Gasteiger partial charge in [-0.3, -0.25) is 9.58 Å². The first-order valence-corrected chi connectivity index (χ1v) is 6.36. The van der Waals surface area contributed by atoms with E-state index in [0.29, 0.717) is 5.41 Å². The van der Waals surface area contributed by atoms with Crippen molar-refractivity contribution in [2.45, 2.75) is 34.2 Å². The van der Waals surface area contributed by atoms with Crippen molar-refractivity contribution >= 4 is 15.9 Å². The van der Waals surface area contributed by atoms with Crippen molar-refractivity contribution in [3.63, 3.8) is 0 Å². The molecule has 0 spiro atoms. The molecule has 16 heavy (non-hydrogen) atoms. The summed E-state index contributed by atoms with van der Waals surface area (Å²) in [7, 11) is 4.15. The maximum Gasteiger partial charge on any atom is 0.0739 e. The molecule has 0 bridgehead atoms. The Morgan fingerprint density at radius 1 is 1.38 bits per heavy atom. The normalized spacial score (nSPS) is 12.5. The van der Waals surface area contributed by atoms with E-state index in [0.717, 1.165) is 23.3 Å². The first-order chi connectivity index (χ1) is 7.20. The van der Waals surface area contributed by atoms with Gasteiger partial charge in [-0.15, -0.1) is 0 Å². The molecule has 0 amide bonds. The summed E-state index contributed by atoms with van der Waals surface area (Å²) >= 11 is 3.60. The molecular formula is C12H22BrN3. The predicted octanol–water partition coefficient (Wildman–Crippen LogP) is 2.97. The third kappa shape index (κ3) is 3.59. The van der Waals surface area contributed by atoms with Crippen molar-refractivity contribution < 1.29 is 0 Å². The largest absolute Gasteiger partial charge is 0.300 e. The van der Waals surface area contributed by atoms with E-state index in [4.69, 9.17) is 0 Å². The summed E-state index contributed by atoms with van der Waals surface area (Å²) in [5.41, 5.74) is 2.63. The van der Waals surface area contributed by atoms with Crippen molar-refractivity contribution in [2.24, 2.45) is 12.5 Å². The van der Waals surface area contributed by atoms with E-state index in [1.54, 1.807) is 0 Å². The number of hydrogen-bond donors (Lipinski definition) is 0. The molecule has 1 heterocycles. The number of aromatic nitrogens is 2. The van der Waals surface area contributed by atoms with E-state index >= 15 is 0 Å². The highest BCUT2D eigenvalue weighted by atomic mass is 79.9. The van der Waals surface area contributed by atoms with Crippen LogP contribution in [0.5, 0.6) is 0 Å². The summed E-state index contributed by atoms with van der Waals surface area (Å²) in [6.45, 7) is 10.8. The van der Waals surface area contributed by atoms with Gasteiger partial charge in [-0.2, -0.15) is 5.10 Å². The molecular weight excluding hydrogens is 266 g/mol. The Morgan fingerprint density at radius 2 is 1.94 bits per heavy atom. The van der Waals surface area contributed by atoms with Gasteiger partial charge in [-0.25, -0.2) is 0 Å². The minimum absolute atomic E-state index is 0.328. The molecule has 1 rings (SSSR count). The van der Waals surface area contributed by atoms with Crippen molar-refractivity contribution in [2.75, 3.05) is 13.6 Å². The molecule has 0 N–H and O–H groups in total. The quantitative estimate of drug-likeness (QED) is 0.852. The molecule has 1 aromatic rings. The van der Waals surface area contributed by atoms with Crippen molar-refractivity contribution in [1.82, 2.24) is 14.7 Å². The smallest absolute Gasteiger partial charge is 0.0739 e. The summed E-state index contributed by atoms with van der Waals surface area (Å²) in [6.07, 6.45) is 0. The predicted molar refractivity (Wildman–Crippen MR) is 71.4 cm³/mol. The second-order valence-corrected chi connectivity index (χ2v) is 6.50. The molecule has 0 radical (unpaired) electrons. The van der Waals surface area contributed by atoms with Crippen LogP contribution < -0.4 is 0 Å². The van der Waals surface area contributed by atoms with Crippen LogP contribution in [0.2, 0.25) is 0 Å². The number of aryl methyl sites for hydroxylation is 2. The third-order valence-electron chi connectivity index (χ3n) is 2.43. The Balaban J connectivity index is 2.73. The Morgan fingerprint density at radius 3 is 2.31 bits per heavy atom. The van der Waals surface area contributed by atoms with Crippen LogP contribution in [0, 0.1) is 12.3 Å². The van der Waals surface area contributed by atoms with Gasteiger partial charge in [-0.05, 0) is 35.3 Å². The molecule has 1 aromatic heterocycles. The summed E-state index contributed by atoms with van der Waals surface area (Å²) in [6, 6.07) is 0. The Kier molecular flexibility index (Phi) is 4.18. The van der Waals surface area contributed by atoms with Crippen LogP contribution in [0.1, 0.15) is 32.2 Å². The number of nitrogens with zero attached hydrogens (tertiary/aromatic N) is 3. The molecule has 0 aliphatic carbocycles. The zero-order valence-corrected chi connectivity index (χ0v) is 12.7. The molecule has 0 aromatic carbocycles. The average Bonchev–Trinajstić information content (AvgIpc) is 2.29. The van der Waals surface area contributed by atoms with E-state index in [2.05, 4.69) is 53.7 Å². The molecule has 0 aliphatic heterocycles. The van der Waals surface area contributed by atoms with Gasteiger partial charge in [0.05, 0.1) is 15.9 Å². The number of rotatable bonds is 3. The highest BCUT2D eigenvalue weighted by Crippen LogP contribution is 2.22. The molecule has 0 saturated carbocycles. The maximum absolute atomic E-state index is 4.40. The summed E-state index contributed by atoms with van der Waals surface area (Å²) in [4.78, 5) is 2.33. The van der Waals surface area contributed by atoms with E-state index in [-0.39, 0.29) is 0 Å². The third-order valence-corrected chi connectivity index (χ3v) is 3.46. The average molecular weight is 288 g/mol. The van der Waals surface area contributed by atoms with E-state index in [1.807, 2.05) is 18.7 Å². The Labute approximate surface area is 107 Å². The monoisotopic (exact) mass is 287 g/mol. The highest BCUT2D eigenvalue weighted by molar-refractivity contribution is 9.10. The van der Waals surface area contributed by atoms with E-state index < -0.39 is 0 Å². The number of halogens is 1.